The Kier molecular flexibility index (Phi) is 76.2. The fourth-order valence-corrected chi connectivity index (χ4v) is 15.3. The van der Waals surface area contributed by atoms with Crippen LogP contribution < -0.4 is 0 Å². The van der Waals surface area contributed by atoms with Gasteiger partial charge in [-0.05, 0) is 49.4 Å². The van der Waals surface area contributed by atoms with E-state index in [0.29, 0.717) is 31.6 Å². The number of unbranched alkanes of at least 4 members (excludes halogenated alkanes) is 49. The van der Waals surface area contributed by atoms with Gasteiger partial charge in [-0.25, -0.2) is 9.13 Å². The average molecular weight is 1580 g/mol. The lowest BCUT2D eigenvalue weighted by atomic mass is 9.99. The van der Waals surface area contributed by atoms with Crippen LogP contribution in [0.5, 0.6) is 0 Å². The van der Waals surface area contributed by atoms with Gasteiger partial charge in [-0.3, -0.25) is 37.3 Å². The van der Waals surface area contributed by atoms with E-state index in [1.54, 1.807) is 0 Å². The van der Waals surface area contributed by atoms with Gasteiger partial charge in [-0.15, -0.1) is 0 Å². The Balaban J connectivity index is 5.21. The molecule has 0 radical (unpaired) electrons. The van der Waals surface area contributed by atoms with E-state index in [0.717, 1.165) is 114 Å². The first-order valence-electron chi connectivity index (χ1n) is 45.8. The molecule has 17 nitrogen and oxygen atoms in total. The SMILES string of the molecule is CCC(C)CCCCCCCCCCCCCCCCCCCCC(=O)OC[C@H](COP(=O)(O)OCC(O)COP(=O)(O)OC[C@@H](COC(=O)CCCCCCCCCC(C)C)OC(=O)CCCCCCCCCCCCC(C)CC)OC(=O)CCCCCCCCCCCCCCCCCCCCC(C)CC. The first-order valence-corrected chi connectivity index (χ1v) is 48.8. The summed E-state index contributed by atoms with van der Waals surface area (Å²) in [6, 6.07) is 0. The Labute approximate surface area is 664 Å². The zero-order valence-electron chi connectivity index (χ0n) is 71.5. The number of aliphatic hydroxyl groups is 1. The lowest BCUT2D eigenvalue weighted by molar-refractivity contribution is -0.161. The number of ether oxygens (including phenoxy) is 4. The first-order chi connectivity index (χ1) is 52.2. The molecule has 0 heterocycles. The Morgan fingerprint density at radius 2 is 0.444 bits per heavy atom. The molecule has 0 aromatic heterocycles. The second kappa shape index (κ2) is 77.6. The van der Waals surface area contributed by atoms with Gasteiger partial charge >= 0.3 is 39.5 Å². The number of aliphatic hydroxyl groups excluding tert-OH is 1. The van der Waals surface area contributed by atoms with Crippen molar-refractivity contribution in [3.8, 4) is 0 Å². The average Bonchev–Trinajstić information content (AvgIpc) is 0.902. The monoisotopic (exact) mass is 1580 g/mol. The van der Waals surface area contributed by atoms with Crippen LogP contribution in [-0.2, 0) is 65.4 Å². The molecule has 0 aliphatic rings. The Bertz CT molecular complexity index is 2100. The summed E-state index contributed by atoms with van der Waals surface area (Å²) in [6.45, 7) is 14.4. The molecular formula is C89H174O17P2. The molecule has 0 amide bonds. The van der Waals surface area contributed by atoms with Gasteiger partial charge in [0, 0.05) is 25.7 Å². The molecule has 0 aliphatic carbocycles. The number of carbonyl (C=O) groups is 4. The summed E-state index contributed by atoms with van der Waals surface area (Å²) in [5.74, 6) is 1.15. The number of carbonyl (C=O) groups excluding carboxylic acids is 4. The van der Waals surface area contributed by atoms with E-state index in [2.05, 4.69) is 55.4 Å². The third-order valence-electron chi connectivity index (χ3n) is 21.9. The van der Waals surface area contributed by atoms with Gasteiger partial charge in [-0.2, -0.15) is 0 Å². The van der Waals surface area contributed by atoms with E-state index < -0.39 is 97.5 Å². The highest BCUT2D eigenvalue weighted by Gasteiger charge is 2.31. The molecule has 0 bridgehead atoms. The van der Waals surface area contributed by atoms with Crippen molar-refractivity contribution in [2.75, 3.05) is 39.6 Å². The van der Waals surface area contributed by atoms with Crippen LogP contribution in [0.2, 0.25) is 0 Å². The van der Waals surface area contributed by atoms with E-state index in [-0.39, 0.29) is 25.7 Å². The zero-order chi connectivity index (χ0) is 79.5. The number of phosphoric acid groups is 2. The van der Waals surface area contributed by atoms with Gasteiger partial charge < -0.3 is 33.8 Å². The van der Waals surface area contributed by atoms with Crippen molar-refractivity contribution in [1.29, 1.82) is 0 Å². The quantitative estimate of drug-likeness (QED) is 0.0222. The minimum Gasteiger partial charge on any atom is -0.462 e. The number of hydrogen-bond acceptors (Lipinski definition) is 15. The smallest absolute Gasteiger partial charge is 0.462 e. The molecule has 19 heteroatoms. The van der Waals surface area contributed by atoms with Gasteiger partial charge in [0.25, 0.3) is 0 Å². The van der Waals surface area contributed by atoms with Crippen molar-refractivity contribution < 1.29 is 80.2 Å². The van der Waals surface area contributed by atoms with E-state index >= 15 is 0 Å². The third-order valence-corrected chi connectivity index (χ3v) is 23.8. The van der Waals surface area contributed by atoms with Crippen molar-refractivity contribution >= 4 is 39.5 Å². The van der Waals surface area contributed by atoms with Crippen LogP contribution in [0.15, 0.2) is 0 Å². The van der Waals surface area contributed by atoms with E-state index in [1.807, 2.05) is 0 Å². The van der Waals surface area contributed by atoms with Crippen molar-refractivity contribution in [2.24, 2.45) is 23.7 Å². The highest BCUT2D eigenvalue weighted by Crippen LogP contribution is 2.45. The maximum Gasteiger partial charge on any atom is 0.472 e. The summed E-state index contributed by atoms with van der Waals surface area (Å²) in [5.41, 5.74) is 0. The molecule has 0 aromatic carbocycles. The highest BCUT2D eigenvalue weighted by molar-refractivity contribution is 7.47. The second-order valence-electron chi connectivity index (χ2n) is 33.2. The molecule has 0 spiro atoms. The van der Waals surface area contributed by atoms with Gasteiger partial charge in [0.1, 0.15) is 19.3 Å². The number of esters is 4. The molecule has 3 N–H and O–H groups in total. The molecule has 0 aromatic rings. The molecule has 0 aliphatic heterocycles. The van der Waals surface area contributed by atoms with E-state index in [1.165, 1.54) is 263 Å². The molecule has 8 atom stereocenters. The largest absolute Gasteiger partial charge is 0.472 e. The van der Waals surface area contributed by atoms with Crippen LogP contribution in [-0.4, -0.2) is 96.7 Å². The van der Waals surface area contributed by atoms with Crippen LogP contribution in [0.3, 0.4) is 0 Å². The lowest BCUT2D eigenvalue weighted by Crippen LogP contribution is -2.30. The van der Waals surface area contributed by atoms with Gasteiger partial charge in [-0.1, -0.05) is 415 Å². The number of rotatable bonds is 86. The van der Waals surface area contributed by atoms with Crippen molar-refractivity contribution in [3.05, 3.63) is 0 Å². The van der Waals surface area contributed by atoms with Crippen LogP contribution in [0.1, 0.15) is 466 Å². The molecule has 0 rings (SSSR count). The summed E-state index contributed by atoms with van der Waals surface area (Å²) in [7, 11) is -9.93. The number of phosphoric ester groups is 2. The van der Waals surface area contributed by atoms with Crippen LogP contribution in [0.25, 0.3) is 0 Å². The van der Waals surface area contributed by atoms with Crippen molar-refractivity contribution in [1.82, 2.24) is 0 Å². The van der Waals surface area contributed by atoms with Gasteiger partial charge in [0.05, 0.1) is 26.4 Å². The summed E-state index contributed by atoms with van der Waals surface area (Å²) in [4.78, 5) is 73.3. The predicted octanol–water partition coefficient (Wildman–Crippen LogP) is 27.1. The molecule has 0 fully saturated rings. The summed E-state index contributed by atoms with van der Waals surface area (Å²) in [6.07, 6.45) is 68.1. The topological polar surface area (TPSA) is 237 Å². The molecule has 6 unspecified atom stereocenters. The van der Waals surface area contributed by atoms with Crippen LogP contribution in [0, 0.1) is 23.7 Å². The minimum atomic E-state index is -4.97. The summed E-state index contributed by atoms with van der Waals surface area (Å²) < 4.78 is 68.9. The first kappa shape index (κ1) is 106. The highest BCUT2D eigenvalue weighted by atomic mass is 31.2. The fourth-order valence-electron chi connectivity index (χ4n) is 13.8. The summed E-state index contributed by atoms with van der Waals surface area (Å²) >= 11 is 0. The minimum absolute atomic E-state index is 0.105. The molecular weight excluding hydrogens is 1400 g/mol. The molecule has 108 heavy (non-hydrogen) atoms. The fraction of sp³-hybridized carbons (Fsp3) is 0.955. The Hall–Kier alpha value is -1.94. The van der Waals surface area contributed by atoms with Crippen LogP contribution >= 0.6 is 15.6 Å². The molecule has 0 saturated carbocycles. The van der Waals surface area contributed by atoms with Gasteiger partial charge in [0.2, 0.25) is 0 Å². The van der Waals surface area contributed by atoms with E-state index in [4.69, 9.17) is 37.0 Å². The zero-order valence-corrected chi connectivity index (χ0v) is 73.3. The summed E-state index contributed by atoms with van der Waals surface area (Å²) in [5, 5.41) is 10.7. The predicted molar refractivity (Wildman–Crippen MR) is 446 cm³/mol. The standard InChI is InChI=1S/C89H174O17P2/c1-9-80(6)66-58-50-42-34-28-24-20-16-12-14-18-22-26-30-37-45-53-61-69-86(91)99-75-84(105-88(93)71-63-55-46-38-31-27-23-19-15-13-17-21-25-29-35-43-51-59-67-81(7)10-2)77-103-107(95,96)101-73-83(90)74-102-108(97,98)104-78-85(76-100-87(92)70-62-54-48-40-41-49-57-65-79(4)5)106-89(94)72-64-56-47-39-33-32-36-44-52-60-68-82(8)11-3/h79-85,90H,9-78H2,1-8H3,(H,95,96)(H,97,98)/t80?,81?,82?,83?,84-,85-/m1/s1. The maximum atomic E-state index is 13.2. The van der Waals surface area contributed by atoms with Crippen molar-refractivity contribution in [3.63, 3.8) is 0 Å². The van der Waals surface area contributed by atoms with Gasteiger partial charge in [0.15, 0.2) is 12.2 Å². The Morgan fingerprint density at radius 1 is 0.259 bits per heavy atom. The second-order valence-corrected chi connectivity index (χ2v) is 36.1. The van der Waals surface area contributed by atoms with E-state index in [9.17, 15) is 43.2 Å². The molecule has 642 valence electrons. The van der Waals surface area contributed by atoms with Crippen molar-refractivity contribution in [2.45, 2.75) is 485 Å². The third kappa shape index (κ3) is 78.0. The lowest BCUT2D eigenvalue weighted by Gasteiger charge is -2.21. The maximum absolute atomic E-state index is 13.2. The Morgan fingerprint density at radius 3 is 0.657 bits per heavy atom. The van der Waals surface area contributed by atoms with Crippen LogP contribution in [0.4, 0.5) is 0 Å². The normalized spacial score (nSPS) is 14.6. The number of hydrogen-bond donors (Lipinski definition) is 3. The molecule has 0 saturated heterocycles.